The number of hydrogen-bond donors (Lipinski definition) is 2. The molecular weight excluding hydrogens is 316 g/mol. The number of benzene rings is 1. The summed E-state index contributed by atoms with van der Waals surface area (Å²) in [5, 5.41) is 6.84. The molecule has 1 aromatic rings. The molecule has 3 nitrogen and oxygen atoms in total. The van der Waals surface area contributed by atoms with E-state index in [1.165, 1.54) is 19.3 Å². The highest BCUT2D eigenvalue weighted by Crippen LogP contribution is 2.38. The van der Waals surface area contributed by atoms with Crippen LogP contribution in [0.25, 0.3) is 0 Å². The summed E-state index contributed by atoms with van der Waals surface area (Å²) in [6.45, 7) is 3.04. The van der Waals surface area contributed by atoms with Crippen LogP contribution in [-0.2, 0) is 0 Å². The molecule has 0 aromatic heterocycles. The largest absolute Gasteiger partial charge is 0.349 e. The van der Waals surface area contributed by atoms with E-state index in [2.05, 4.69) is 26.6 Å². The molecule has 0 radical (unpaired) electrons. The van der Waals surface area contributed by atoms with Gasteiger partial charge in [-0.1, -0.05) is 6.07 Å². The van der Waals surface area contributed by atoms with Crippen LogP contribution in [0.1, 0.15) is 48.0 Å². The Bertz CT molecular complexity index is 525. The second-order valence-electron chi connectivity index (χ2n) is 6.21. The lowest BCUT2D eigenvalue weighted by atomic mass is 9.70. The van der Waals surface area contributed by atoms with Gasteiger partial charge in [-0.3, -0.25) is 4.79 Å². The molecule has 1 aliphatic carbocycles. The van der Waals surface area contributed by atoms with Gasteiger partial charge in [-0.25, -0.2) is 0 Å². The molecule has 1 saturated heterocycles. The highest BCUT2D eigenvalue weighted by molar-refractivity contribution is 9.10. The van der Waals surface area contributed by atoms with Crippen LogP contribution in [-0.4, -0.2) is 24.0 Å². The van der Waals surface area contributed by atoms with Crippen LogP contribution in [0.4, 0.5) is 0 Å². The first kappa shape index (κ1) is 14.1. The Morgan fingerprint density at radius 1 is 1.45 bits per heavy atom. The molecule has 20 heavy (non-hydrogen) atoms. The number of halogens is 1. The van der Waals surface area contributed by atoms with E-state index in [4.69, 9.17) is 0 Å². The smallest absolute Gasteiger partial charge is 0.252 e. The monoisotopic (exact) mass is 336 g/mol. The van der Waals surface area contributed by atoms with Crippen LogP contribution in [0.3, 0.4) is 0 Å². The Kier molecular flexibility index (Phi) is 3.87. The maximum Gasteiger partial charge on any atom is 0.252 e. The van der Waals surface area contributed by atoms with Crippen molar-refractivity contribution < 1.29 is 4.79 Å². The molecular formula is C16H21BrN2O. The molecule has 1 saturated carbocycles. The first-order valence-electron chi connectivity index (χ1n) is 7.40. The molecule has 1 amide bonds. The van der Waals surface area contributed by atoms with Crippen LogP contribution in [0.5, 0.6) is 0 Å². The van der Waals surface area contributed by atoms with Gasteiger partial charge in [-0.15, -0.1) is 0 Å². The fourth-order valence-corrected chi connectivity index (χ4v) is 4.01. The number of aryl methyl sites for hydroxylation is 1. The number of amides is 1. The minimum absolute atomic E-state index is 0.0400. The zero-order valence-electron chi connectivity index (χ0n) is 11.8. The predicted octanol–water partition coefficient (Wildman–Crippen LogP) is 3.16. The zero-order chi connectivity index (χ0) is 14.2. The van der Waals surface area contributed by atoms with Crippen molar-refractivity contribution in [3.05, 3.63) is 33.8 Å². The van der Waals surface area contributed by atoms with Gasteiger partial charge in [0.05, 0.1) is 5.56 Å². The molecule has 1 aliphatic heterocycles. The highest BCUT2D eigenvalue weighted by Gasteiger charge is 2.41. The zero-order valence-corrected chi connectivity index (χ0v) is 13.4. The SMILES string of the molecule is Cc1ccc(C(=O)NC2CCNC3(CCC3)C2)c(Br)c1. The molecule has 1 atom stereocenters. The fourth-order valence-electron chi connectivity index (χ4n) is 3.33. The maximum absolute atomic E-state index is 12.4. The third kappa shape index (κ3) is 2.77. The fraction of sp³-hybridized carbons (Fsp3) is 0.562. The second kappa shape index (κ2) is 5.49. The average molecular weight is 337 g/mol. The summed E-state index contributed by atoms with van der Waals surface area (Å²) in [5.41, 5.74) is 2.21. The summed E-state index contributed by atoms with van der Waals surface area (Å²) in [4.78, 5) is 12.4. The van der Waals surface area contributed by atoms with E-state index in [-0.39, 0.29) is 5.91 Å². The van der Waals surface area contributed by atoms with Gasteiger partial charge in [-0.05, 0) is 79.2 Å². The molecule has 1 unspecified atom stereocenters. The Morgan fingerprint density at radius 3 is 2.90 bits per heavy atom. The van der Waals surface area contributed by atoms with E-state index < -0.39 is 0 Å². The minimum atomic E-state index is 0.0400. The Labute approximate surface area is 128 Å². The van der Waals surface area contributed by atoms with E-state index in [1.54, 1.807) is 0 Å². The highest BCUT2D eigenvalue weighted by atomic mass is 79.9. The quantitative estimate of drug-likeness (QED) is 0.870. The standard InChI is InChI=1S/C16H21BrN2O/c1-11-3-4-13(14(17)9-11)15(20)19-12-5-8-18-16(10-12)6-2-7-16/h3-4,9,12,18H,2,5-8,10H2,1H3,(H,19,20). The van der Waals surface area contributed by atoms with Crippen molar-refractivity contribution in [3.63, 3.8) is 0 Å². The van der Waals surface area contributed by atoms with Crippen LogP contribution in [0.15, 0.2) is 22.7 Å². The van der Waals surface area contributed by atoms with E-state index >= 15 is 0 Å². The first-order chi connectivity index (χ1) is 9.58. The van der Waals surface area contributed by atoms with E-state index in [0.717, 1.165) is 35.0 Å². The lowest BCUT2D eigenvalue weighted by Crippen LogP contribution is -2.59. The van der Waals surface area contributed by atoms with Gasteiger partial charge in [0.25, 0.3) is 5.91 Å². The van der Waals surface area contributed by atoms with E-state index in [9.17, 15) is 4.79 Å². The third-order valence-corrected chi connectivity index (χ3v) is 5.30. The summed E-state index contributed by atoms with van der Waals surface area (Å²) < 4.78 is 0.877. The van der Waals surface area contributed by atoms with Gasteiger partial charge in [0.2, 0.25) is 0 Å². The molecule has 108 valence electrons. The number of piperidine rings is 1. The summed E-state index contributed by atoms with van der Waals surface area (Å²) in [7, 11) is 0. The van der Waals surface area contributed by atoms with Crippen molar-refractivity contribution in [1.29, 1.82) is 0 Å². The predicted molar refractivity (Wildman–Crippen MR) is 84.0 cm³/mol. The minimum Gasteiger partial charge on any atom is -0.349 e. The summed E-state index contributed by atoms with van der Waals surface area (Å²) in [6, 6.07) is 6.17. The maximum atomic E-state index is 12.4. The molecule has 0 bridgehead atoms. The van der Waals surface area contributed by atoms with Gasteiger partial charge < -0.3 is 10.6 Å². The number of carbonyl (C=O) groups excluding carboxylic acids is 1. The van der Waals surface area contributed by atoms with Crippen molar-refractivity contribution >= 4 is 21.8 Å². The van der Waals surface area contributed by atoms with Crippen LogP contribution < -0.4 is 10.6 Å². The lowest BCUT2D eigenvalue weighted by Gasteiger charge is -2.48. The summed E-state index contributed by atoms with van der Waals surface area (Å²) in [6.07, 6.45) is 5.93. The second-order valence-corrected chi connectivity index (χ2v) is 7.06. The molecule has 1 aromatic carbocycles. The van der Waals surface area contributed by atoms with Crippen molar-refractivity contribution in [3.8, 4) is 0 Å². The van der Waals surface area contributed by atoms with Crippen molar-refractivity contribution in [2.75, 3.05) is 6.54 Å². The number of hydrogen-bond acceptors (Lipinski definition) is 2. The Balaban J connectivity index is 1.66. The van der Waals surface area contributed by atoms with Crippen LogP contribution in [0.2, 0.25) is 0 Å². The molecule has 2 N–H and O–H groups in total. The van der Waals surface area contributed by atoms with Crippen molar-refractivity contribution in [2.24, 2.45) is 0 Å². The number of rotatable bonds is 2. The number of nitrogens with one attached hydrogen (secondary N) is 2. The topological polar surface area (TPSA) is 41.1 Å². The molecule has 2 aliphatic rings. The lowest BCUT2D eigenvalue weighted by molar-refractivity contribution is 0.0852. The normalized spacial score (nSPS) is 24.2. The van der Waals surface area contributed by atoms with Crippen molar-refractivity contribution in [2.45, 2.75) is 50.6 Å². The first-order valence-corrected chi connectivity index (χ1v) is 8.19. The Morgan fingerprint density at radius 2 is 2.25 bits per heavy atom. The molecule has 4 heteroatoms. The summed E-state index contributed by atoms with van der Waals surface area (Å²) in [5.74, 6) is 0.0400. The van der Waals surface area contributed by atoms with E-state index in [0.29, 0.717) is 11.6 Å². The van der Waals surface area contributed by atoms with Gasteiger partial charge in [-0.2, -0.15) is 0 Å². The molecule has 1 heterocycles. The molecule has 1 spiro atoms. The molecule has 3 rings (SSSR count). The van der Waals surface area contributed by atoms with Gasteiger partial charge >= 0.3 is 0 Å². The van der Waals surface area contributed by atoms with Crippen molar-refractivity contribution in [1.82, 2.24) is 10.6 Å². The van der Waals surface area contributed by atoms with Gasteiger partial charge in [0, 0.05) is 16.1 Å². The summed E-state index contributed by atoms with van der Waals surface area (Å²) >= 11 is 3.49. The number of carbonyl (C=O) groups is 1. The molecule has 2 fully saturated rings. The van der Waals surface area contributed by atoms with E-state index in [1.807, 2.05) is 25.1 Å². The third-order valence-electron chi connectivity index (χ3n) is 4.65. The Hall–Kier alpha value is -0.870. The van der Waals surface area contributed by atoms with Crippen LogP contribution >= 0.6 is 15.9 Å². The average Bonchev–Trinajstić information content (AvgIpc) is 2.37. The van der Waals surface area contributed by atoms with Gasteiger partial charge in [0.15, 0.2) is 0 Å². The van der Waals surface area contributed by atoms with Crippen LogP contribution in [0, 0.1) is 6.92 Å². The van der Waals surface area contributed by atoms with Gasteiger partial charge in [0.1, 0.15) is 0 Å².